The van der Waals surface area contributed by atoms with Gasteiger partial charge in [-0.1, -0.05) is 0 Å². The van der Waals surface area contributed by atoms with Crippen molar-refractivity contribution < 1.29 is 13.2 Å². The third-order valence-electron chi connectivity index (χ3n) is 1.55. The van der Waals surface area contributed by atoms with Crippen LogP contribution in [-0.2, 0) is 6.18 Å². The second-order valence-corrected chi connectivity index (χ2v) is 2.86. The van der Waals surface area contributed by atoms with Crippen molar-refractivity contribution in [3.8, 4) is 0 Å². The summed E-state index contributed by atoms with van der Waals surface area (Å²) in [5, 5.41) is 5.23. The van der Waals surface area contributed by atoms with Crippen molar-refractivity contribution in [1.29, 1.82) is 0 Å². The molecule has 0 aliphatic heterocycles. The minimum absolute atomic E-state index is 0.0527. The third-order valence-corrected chi connectivity index (χ3v) is 1.55. The number of H-pyrrole nitrogens is 1. The lowest BCUT2D eigenvalue weighted by Gasteiger charge is -2.12. The molecule has 14 heavy (non-hydrogen) atoms. The van der Waals surface area contributed by atoms with Crippen molar-refractivity contribution in [2.45, 2.75) is 6.18 Å². The van der Waals surface area contributed by atoms with E-state index in [9.17, 15) is 18.0 Å². The first-order chi connectivity index (χ1) is 6.32. The summed E-state index contributed by atoms with van der Waals surface area (Å²) in [6.45, 7) is 0. The molecule has 4 nitrogen and oxygen atoms in total. The van der Waals surface area contributed by atoms with E-state index in [4.69, 9.17) is 0 Å². The molecule has 0 saturated carbocycles. The molecule has 0 saturated heterocycles. The van der Waals surface area contributed by atoms with Gasteiger partial charge in [-0.05, 0) is 0 Å². The molecule has 0 aromatic carbocycles. The minimum Gasteiger partial charge on any atom is -0.361 e. The lowest BCUT2D eigenvalue weighted by Crippen LogP contribution is -2.24. The van der Waals surface area contributed by atoms with Gasteiger partial charge in [0, 0.05) is 20.2 Å². The molecule has 1 N–H and O–H groups in total. The summed E-state index contributed by atoms with van der Waals surface area (Å²) in [4.78, 5) is 12.2. The lowest BCUT2D eigenvalue weighted by atomic mass is 10.3. The molecular formula is C7H8F3N3O. The predicted octanol–water partition coefficient (Wildman–Crippen LogP) is 0.855. The SMILES string of the molecule is CN(C)c1cc(C(F)(F)F)c(=O)[nH]n1. The van der Waals surface area contributed by atoms with Crippen LogP contribution in [-0.4, -0.2) is 24.3 Å². The number of hydrogen-bond acceptors (Lipinski definition) is 3. The molecule has 0 spiro atoms. The van der Waals surface area contributed by atoms with Gasteiger partial charge in [-0.2, -0.15) is 18.3 Å². The van der Waals surface area contributed by atoms with E-state index in [1.807, 2.05) is 0 Å². The van der Waals surface area contributed by atoms with Crippen LogP contribution in [0.4, 0.5) is 19.0 Å². The smallest absolute Gasteiger partial charge is 0.361 e. The van der Waals surface area contributed by atoms with E-state index in [1.165, 1.54) is 19.0 Å². The molecule has 1 rings (SSSR count). The molecule has 0 atom stereocenters. The number of aromatic amines is 1. The van der Waals surface area contributed by atoms with Crippen molar-refractivity contribution in [2.24, 2.45) is 0 Å². The molecule has 1 aromatic rings. The zero-order chi connectivity index (χ0) is 10.9. The summed E-state index contributed by atoms with van der Waals surface area (Å²) >= 11 is 0. The summed E-state index contributed by atoms with van der Waals surface area (Å²) in [6.07, 6.45) is -4.65. The van der Waals surface area contributed by atoms with Gasteiger partial charge in [-0.3, -0.25) is 4.79 Å². The van der Waals surface area contributed by atoms with Crippen LogP contribution in [0.1, 0.15) is 5.56 Å². The molecule has 0 radical (unpaired) electrons. The number of anilines is 1. The number of halogens is 3. The van der Waals surface area contributed by atoms with Crippen LogP contribution in [0.2, 0.25) is 0 Å². The van der Waals surface area contributed by atoms with Crippen molar-refractivity contribution in [1.82, 2.24) is 10.2 Å². The first-order valence-electron chi connectivity index (χ1n) is 3.66. The maximum absolute atomic E-state index is 12.2. The van der Waals surface area contributed by atoms with Crippen LogP contribution in [0.25, 0.3) is 0 Å². The van der Waals surface area contributed by atoms with Gasteiger partial charge in [0.1, 0.15) is 11.4 Å². The van der Waals surface area contributed by atoms with Crippen LogP contribution in [0, 0.1) is 0 Å². The molecule has 1 heterocycles. The average molecular weight is 207 g/mol. The normalized spacial score (nSPS) is 11.5. The highest BCUT2D eigenvalue weighted by Crippen LogP contribution is 2.27. The van der Waals surface area contributed by atoms with Crippen LogP contribution in [0.3, 0.4) is 0 Å². The number of nitrogens with zero attached hydrogens (tertiary/aromatic N) is 2. The second kappa shape index (κ2) is 3.32. The Morgan fingerprint density at radius 1 is 1.43 bits per heavy atom. The zero-order valence-corrected chi connectivity index (χ0v) is 7.51. The number of nitrogens with one attached hydrogen (secondary N) is 1. The highest BCUT2D eigenvalue weighted by Gasteiger charge is 2.34. The van der Waals surface area contributed by atoms with Gasteiger partial charge in [-0.15, -0.1) is 0 Å². The fourth-order valence-electron chi connectivity index (χ4n) is 0.835. The molecule has 0 bridgehead atoms. The molecule has 78 valence electrons. The van der Waals surface area contributed by atoms with Gasteiger partial charge in [-0.25, -0.2) is 5.10 Å². The quantitative estimate of drug-likeness (QED) is 0.742. The Hall–Kier alpha value is -1.53. The predicted molar refractivity (Wildman–Crippen MR) is 44.2 cm³/mol. The summed E-state index contributed by atoms with van der Waals surface area (Å²) in [7, 11) is 3.06. The number of aromatic nitrogens is 2. The highest BCUT2D eigenvalue weighted by atomic mass is 19.4. The van der Waals surface area contributed by atoms with Crippen LogP contribution >= 0.6 is 0 Å². The Morgan fingerprint density at radius 3 is 2.43 bits per heavy atom. The van der Waals surface area contributed by atoms with Crippen molar-refractivity contribution in [3.05, 3.63) is 22.0 Å². The van der Waals surface area contributed by atoms with Gasteiger partial charge in [0.2, 0.25) is 0 Å². The van der Waals surface area contributed by atoms with Crippen molar-refractivity contribution in [2.75, 3.05) is 19.0 Å². The minimum atomic E-state index is -4.65. The standard InChI is InChI=1S/C7H8F3N3O/c1-13(2)5-3-4(7(8,9)10)6(14)12-11-5/h3H,1-2H3,(H,12,14). The molecule has 0 fully saturated rings. The van der Waals surface area contributed by atoms with E-state index in [0.717, 1.165) is 0 Å². The zero-order valence-electron chi connectivity index (χ0n) is 7.51. The first kappa shape index (κ1) is 10.6. The van der Waals surface area contributed by atoms with Crippen LogP contribution in [0.5, 0.6) is 0 Å². The largest absolute Gasteiger partial charge is 0.421 e. The van der Waals surface area contributed by atoms with Crippen molar-refractivity contribution in [3.63, 3.8) is 0 Å². The van der Waals surface area contributed by atoms with E-state index in [0.29, 0.717) is 6.07 Å². The van der Waals surface area contributed by atoms with E-state index in [-0.39, 0.29) is 5.82 Å². The molecule has 0 unspecified atom stereocenters. The average Bonchev–Trinajstić information content (AvgIpc) is 2.02. The monoisotopic (exact) mass is 207 g/mol. The van der Waals surface area contributed by atoms with Gasteiger partial charge in [0.15, 0.2) is 0 Å². The molecule has 0 amide bonds. The molecule has 0 aliphatic rings. The van der Waals surface area contributed by atoms with E-state index in [2.05, 4.69) is 5.10 Å². The first-order valence-corrected chi connectivity index (χ1v) is 3.66. The summed E-state index contributed by atoms with van der Waals surface area (Å²) in [6, 6.07) is 0.707. The Balaban J connectivity index is 3.30. The second-order valence-electron chi connectivity index (χ2n) is 2.86. The number of alkyl halides is 3. The summed E-state index contributed by atoms with van der Waals surface area (Å²) < 4.78 is 36.7. The van der Waals surface area contributed by atoms with Crippen molar-refractivity contribution >= 4 is 5.82 Å². The maximum Gasteiger partial charge on any atom is 0.421 e. The molecular weight excluding hydrogens is 199 g/mol. The highest BCUT2D eigenvalue weighted by molar-refractivity contribution is 5.38. The molecule has 7 heteroatoms. The molecule has 1 aromatic heterocycles. The van der Waals surface area contributed by atoms with Gasteiger partial charge in [0.25, 0.3) is 5.56 Å². The topological polar surface area (TPSA) is 49.0 Å². The van der Waals surface area contributed by atoms with Gasteiger partial charge < -0.3 is 4.90 Å². The summed E-state index contributed by atoms with van der Waals surface area (Å²) in [5.41, 5.74) is -2.47. The number of hydrogen-bond donors (Lipinski definition) is 1. The van der Waals surface area contributed by atoms with Crippen LogP contribution < -0.4 is 10.5 Å². The number of rotatable bonds is 1. The van der Waals surface area contributed by atoms with Gasteiger partial charge in [0.05, 0.1) is 0 Å². The van der Waals surface area contributed by atoms with Crippen LogP contribution in [0.15, 0.2) is 10.9 Å². The van der Waals surface area contributed by atoms with E-state index >= 15 is 0 Å². The fraction of sp³-hybridized carbons (Fsp3) is 0.429. The Morgan fingerprint density at radius 2 is 2.00 bits per heavy atom. The van der Waals surface area contributed by atoms with E-state index in [1.54, 1.807) is 5.10 Å². The Bertz CT molecular complexity index is 383. The Kier molecular flexibility index (Phi) is 2.50. The fourth-order valence-corrected chi connectivity index (χ4v) is 0.835. The maximum atomic E-state index is 12.2. The lowest BCUT2D eigenvalue weighted by molar-refractivity contribution is -0.138. The van der Waals surface area contributed by atoms with E-state index < -0.39 is 17.3 Å². The Labute approximate surface area is 77.4 Å². The molecule has 0 aliphatic carbocycles. The van der Waals surface area contributed by atoms with Gasteiger partial charge >= 0.3 is 6.18 Å². The summed E-state index contributed by atoms with van der Waals surface area (Å²) in [5.74, 6) is 0.0527. The third kappa shape index (κ3) is 2.04.